The first-order chi connectivity index (χ1) is 16.0. The molecule has 0 fully saturated rings. The molecule has 2 unspecified atom stereocenters. The van der Waals surface area contributed by atoms with Gasteiger partial charge in [0.05, 0.1) is 6.61 Å². The summed E-state index contributed by atoms with van der Waals surface area (Å²) in [4.78, 5) is 42.5. The second-order valence-electron chi connectivity index (χ2n) is 9.78. The van der Waals surface area contributed by atoms with E-state index >= 15 is 0 Å². The van der Waals surface area contributed by atoms with Gasteiger partial charge < -0.3 is 20.0 Å². The van der Waals surface area contributed by atoms with E-state index < -0.39 is 43.6 Å². The summed E-state index contributed by atoms with van der Waals surface area (Å²) in [5, 5.41) is 20.9. The highest BCUT2D eigenvalue weighted by Gasteiger charge is 2.48. The Morgan fingerprint density at radius 2 is 1.18 bits per heavy atom. The van der Waals surface area contributed by atoms with Crippen LogP contribution in [0.2, 0.25) is 0 Å². The third-order valence-electron chi connectivity index (χ3n) is 6.19. The molecule has 0 spiro atoms. The summed E-state index contributed by atoms with van der Waals surface area (Å²) in [6.45, 7) is 3.99. The molecule has 9 heteroatoms. The van der Waals surface area contributed by atoms with Gasteiger partial charge in [-0.2, -0.15) is 0 Å². The van der Waals surface area contributed by atoms with E-state index in [2.05, 4.69) is 11.4 Å². The molecule has 0 aliphatic carbocycles. The van der Waals surface area contributed by atoms with Crippen LogP contribution in [0, 0.1) is 5.92 Å². The van der Waals surface area contributed by atoms with Crippen LogP contribution in [0.1, 0.15) is 124 Å². The maximum atomic E-state index is 12.4. The minimum absolute atomic E-state index is 0.0248. The Morgan fingerprint density at radius 1 is 0.794 bits per heavy atom. The van der Waals surface area contributed by atoms with Gasteiger partial charge in [-0.25, -0.2) is 4.57 Å². The molecule has 0 radical (unpaired) electrons. The van der Waals surface area contributed by atoms with Crippen LogP contribution in [-0.2, 0) is 18.7 Å². The van der Waals surface area contributed by atoms with Gasteiger partial charge in [-0.3, -0.25) is 14.1 Å². The Kier molecular flexibility index (Phi) is 18.3. The third kappa shape index (κ3) is 15.4. The minimum Gasteiger partial charge on any atom is -0.382 e. The highest BCUT2D eigenvalue weighted by Crippen LogP contribution is 2.38. The maximum absolute atomic E-state index is 12.4. The number of phosphoric ester groups is 1. The summed E-state index contributed by atoms with van der Waals surface area (Å²) < 4.78 is 15.2. The molecule has 0 aromatic carbocycles. The molecule has 8 nitrogen and oxygen atoms in total. The van der Waals surface area contributed by atoms with Gasteiger partial charge in [0.15, 0.2) is 23.3 Å². The summed E-state index contributed by atoms with van der Waals surface area (Å²) in [6, 6.07) is 0. The van der Waals surface area contributed by atoms with E-state index in [1.807, 2.05) is 0 Å². The average molecular weight is 509 g/mol. The lowest BCUT2D eigenvalue weighted by molar-refractivity contribution is -0.167. The number of carbonyl (C=O) groups is 2. The van der Waals surface area contributed by atoms with Crippen LogP contribution in [0.3, 0.4) is 0 Å². The van der Waals surface area contributed by atoms with E-state index in [-0.39, 0.29) is 6.42 Å². The number of ketones is 2. The monoisotopic (exact) mass is 508 g/mol. The topological polar surface area (TPSA) is 141 Å². The van der Waals surface area contributed by atoms with Gasteiger partial charge in [0.1, 0.15) is 0 Å². The second kappa shape index (κ2) is 18.6. The Morgan fingerprint density at radius 3 is 1.53 bits per heavy atom. The van der Waals surface area contributed by atoms with Crippen molar-refractivity contribution in [3.63, 3.8) is 0 Å². The summed E-state index contributed by atoms with van der Waals surface area (Å²) >= 11 is 0. The standard InChI is InChI=1S/C25H49O8P/c1-4-5-6-7-8-9-10-11-12-13-14-15-16-17-18-19-22(26)24(28)25(29,23(27)21(2)3)20-33-34(30,31)32/h21,24,28-29H,4-20H2,1-3H3,(H2,30,31,32). The van der Waals surface area contributed by atoms with E-state index in [1.165, 1.54) is 78.1 Å². The number of aliphatic hydroxyl groups excluding tert-OH is 1. The number of Topliss-reactive ketones (excluding diaryl/α,β-unsaturated/α-hetero) is 2. The van der Waals surface area contributed by atoms with Crippen molar-refractivity contribution >= 4 is 19.4 Å². The zero-order valence-corrected chi connectivity index (χ0v) is 22.4. The fourth-order valence-electron chi connectivity index (χ4n) is 4.04. The molecule has 0 saturated carbocycles. The molecule has 0 saturated heterocycles. The molecule has 202 valence electrons. The molecule has 0 bridgehead atoms. The number of hydrogen-bond donors (Lipinski definition) is 4. The first kappa shape index (κ1) is 33.4. The van der Waals surface area contributed by atoms with E-state index in [9.17, 15) is 24.4 Å². The van der Waals surface area contributed by atoms with Gasteiger partial charge in [0, 0.05) is 12.3 Å². The van der Waals surface area contributed by atoms with Crippen molar-refractivity contribution in [1.29, 1.82) is 0 Å². The molecule has 0 heterocycles. The lowest BCUT2D eigenvalue weighted by atomic mass is 9.83. The van der Waals surface area contributed by atoms with Crippen LogP contribution in [0.4, 0.5) is 0 Å². The number of hydrogen-bond acceptors (Lipinski definition) is 6. The van der Waals surface area contributed by atoms with E-state index in [1.54, 1.807) is 0 Å². The Hall–Kier alpha value is -0.630. The summed E-state index contributed by atoms with van der Waals surface area (Å²) in [5.41, 5.74) is -2.69. The SMILES string of the molecule is CCCCCCCCCCCCCCCCCC(=O)C(O)C(O)(COP(=O)(O)O)C(=O)C(C)C. The van der Waals surface area contributed by atoms with Crippen LogP contribution in [0.5, 0.6) is 0 Å². The molecule has 4 N–H and O–H groups in total. The van der Waals surface area contributed by atoms with Crippen LogP contribution in [0.15, 0.2) is 0 Å². The number of phosphoric acid groups is 1. The minimum atomic E-state index is -4.99. The molecule has 0 aliphatic heterocycles. The molecule has 0 amide bonds. The molecule has 0 aliphatic rings. The number of aliphatic hydroxyl groups is 2. The predicted octanol–water partition coefficient (Wildman–Crippen LogP) is 5.24. The summed E-state index contributed by atoms with van der Waals surface area (Å²) in [5.74, 6) is -2.41. The summed E-state index contributed by atoms with van der Waals surface area (Å²) in [7, 11) is -4.99. The smallest absolute Gasteiger partial charge is 0.382 e. The van der Waals surface area contributed by atoms with Crippen molar-refractivity contribution in [1.82, 2.24) is 0 Å². The molecular weight excluding hydrogens is 459 g/mol. The molecule has 34 heavy (non-hydrogen) atoms. The number of unbranched alkanes of at least 4 members (excludes halogenated alkanes) is 14. The van der Waals surface area contributed by atoms with Gasteiger partial charge in [-0.15, -0.1) is 0 Å². The lowest BCUT2D eigenvalue weighted by Crippen LogP contribution is -2.57. The van der Waals surface area contributed by atoms with Crippen LogP contribution < -0.4 is 0 Å². The Bertz CT molecular complexity index is 604. The molecule has 2 atom stereocenters. The van der Waals surface area contributed by atoms with Gasteiger partial charge in [-0.05, 0) is 6.42 Å². The molecule has 0 aromatic rings. The number of carbonyl (C=O) groups excluding carboxylic acids is 2. The zero-order valence-electron chi connectivity index (χ0n) is 21.5. The largest absolute Gasteiger partial charge is 0.469 e. The first-order valence-electron chi connectivity index (χ1n) is 13.1. The first-order valence-corrected chi connectivity index (χ1v) is 14.7. The quantitative estimate of drug-likeness (QED) is 0.108. The fourth-order valence-corrected chi connectivity index (χ4v) is 4.41. The molecular formula is C25H49O8P. The van der Waals surface area contributed by atoms with Gasteiger partial charge >= 0.3 is 7.82 Å². The van der Waals surface area contributed by atoms with E-state index in [4.69, 9.17) is 9.79 Å². The van der Waals surface area contributed by atoms with Gasteiger partial charge in [0.25, 0.3) is 0 Å². The van der Waals surface area contributed by atoms with Crippen molar-refractivity contribution in [3.8, 4) is 0 Å². The van der Waals surface area contributed by atoms with Gasteiger partial charge in [-0.1, -0.05) is 111 Å². The normalized spacial score (nSPS) is 14.8. The molecule has 0 rings (SSSR count). The van der Waals surface area contributed by atoms with Crippen LogP contribution in [0.25, 0.3) is 0 Å². The van der Waals surface area contributed by atoms with Crippen molar-refractivity contribution in [2.24, 2.45) is 5.92 Å². The van der Waals surface area contributed by atoms with Crippen molar-refractivity contribution in [2.45, 2.75) is 135 Å². The van der Waals surface area contributed by atoms with Crippen molar-refractivity contribution < 1.29 is 38.7 Å². The van der Waals surface area contributed by atoms with Crippen LogP contribution >= 0.6 is 7.82 Å². The Balaban J connectivity index is 4.07. The fraction of sp³-hybridized carbons (Fsp3) is 0.920. The second-order valence-corrected chi connectivity index (χ2v) is 11.0. The highest BCUT2D eigenvalue weighted by molar-refractivity contribution is 7.46. The third-order valence-corrected chi connectivity index (χ3v) is 6.65. The van der Waals surface area contributed by atoms with E-state index in [0.29, 0.717) is 6.42 Å². The van der Waals surface area contributed by atoms with E-state index in [0.717, 1.165) is 25.7 Å². The average Bonchev–Trinajstić information content (AvgIpc) is 2.78. The van der Waals surface area contributed by atoms with Gasteiger partial charge in [0.2, 0.25) is 0 Å². The van der Waals surface area contributed by atoms with Crippen molar-refractivity contribution in [3.05, 3.63) is 0 Å². The maximum Gasteiger partial charge on any atom is 0.469 e. The lowest BCUT2D eigenvalue weighted by Gasteiger charge is -2.31. The number of rotatable bonds is 23. The highest BCUT2D eigenvalue weighted by atomic mass is 31.2. The summed E-state index contributed by atoms with van der Waals surface area (Å²) in [6.07, 6.45) is 15.6. The van der Waals surface area contributed by atoms with Crippen molar-refractivity contribution in [2.75, 3.05) is 6.61 Å². The van der Waals surface area contributed by atoms with Crippen LogP contribution in [-0.4, -0.2) is 49.9 Å². The predicted molar refractivity (Wildman–Crippen MR) is 133 cm³/mol. The molecule has 0 aromatic heterocycles. The Labute approximate surface area is 206 Å². The zero-order chi connectivity index (χ0) is 26.0.